The molecule has 0 radical (unpaired) electrons. The van der Waals surface area contributed by atoms with Crippen LogP contribution in [-0.2, 0) is 17.8 Å². The van der Waals surface area contributed by atoms with Gasteiger partial charge in [-0.25, -0.2) is 9.97 Å². The Morgan fingerprint density at radius 3 is 2.71 bits per heavy atom. The molecule has 186 valence electrons. The van der Waals surface area contributed by atoms with E-state index < -0.39 is 6.10 Å². The normalized spacial score (nSPS) is 17.9. The van der Waals surface area contributed by atoms with Crippen molar-refractivity contribution in [3.05, 3.63) is 41.2 Å². The van der Waals surface area contributed by atoms with Crippen molar-refractivity contribution in [2.45, 2.75) is 51.8 Å². The molecular formula is C25H34N8O2. The van der Waals surface area contributed by atoms with Crippen molar-refractivity contribution in [1.82, 2.24) is 30.0 Å². The fraction of sp³-hybridized carbons (Fsp3) is 0.520. The summed E-state index contributed by atoms with van der Waals surface area (Å²) in [6, 6.07) is 8.76. The molecule has 10 nitrogen and oxygen atoms in total. The van der Waals surface area contributed by atoms with Crippen LogP contribution in [0.4, 0.5) is 11.6 Å². The van der Waals surface area contributed by atoms with E-state index in [4.69, 9.17) is 0 Å². The molecule has 3 aromatic rings. The molecule has 1 amide bonds. The van der Waals surface area contributed by atoms with Crippen LogP contribution in [-0.4, -0.2) is 85.8 Å². The van der Waals surface area contributed by atoms with E-state index in [0.29, 0.717) is 30.2 Å². The van der Waals surface area contributed by atoms with Crippen LogP contribution in [0.5, 0.6) is 0 Å². The molecular weight excluding hydrogens is 444 g/mol. The highest BCUT2D eigenvalue weighted by Gasteiger charge is 2.23. The monoisotopic (exact) mass is 478 g/mol. The average molecular weight is 479 g/mol. The highest BCUT2D eigenvalue weighted by Crippen LogP contribution is 2.26. The third-order valence-electron chi connectivity index (χ3n) is 6.99. The van der Waals surface area contributed by atoms with Crippen LogP contribution in [0.25, 0.3) is 11.0 Å². The number of aliphatic hydroxyl groups is 1. The molecule has 2 aliphatic heterocycles. The number of amides is 1. The van der Waals surface area contributed by atoms with Crippen molar-refractivity contribution in [2.24, 2.45) is 0 Å². The zero-order valence-corrected chi connectivity index (χ0v) is 20.4. The number of carbonyl (C=O) groups excluding carboxylic acids is 1. The molecule has 0 saturated carbocycles. The Labute approximate surface area is 205 Å². The molecule has 0 spiro atoms. The van der Waals surface area contributed by atoms with E-state index in [1.807, 2.05) is 11.8 Å². The number of nitrogens with one attached hydrogen (secondary N) is 3. The number of fused-ring (bicyclic) bond motifs is 2. The molecule has 1 aromatic carbocycles. The van der Waals surface area contributed by atoms with Gasteiger partial charge in [0.25, 0.3) is 0 Å². The maximum absolute atomic E-state index is 11.6. The van der Waals surface area contributed by atoms with Gasteiger partial charge in [0.1, 0.15) is 16.9 Å². The van der Waals surface area contributed by atoms with E-state index in [1.54, 1.807) is 6.92 Å². The molecule has 4 N–H and O–H groups in total. The van der Waals surface area contributed by atoms with E-state index in [0.717, 1.165) is 56.8 Å². The zero-order chi connectivity index (χ0) is 24.4. The van der Waals surface area contributed by atoms with Crippen molar-refractivity contribution in [1.29, 1.82) is 0 Å². The Bertz CT molecular complexity index is 1190. The van der Waals surface area contributed by atoms with Crippen LogP contribution in [0.3, 0.4) is 0 Å². The number of benzene rings is 1. The maximum atomic E-state index is 11.6. The Balaban J connectivity index is 1.20. The van der Waals surface area contributed by atoms with E-state index in [9.17, 15) is 9.90 Å². The van der Waals surface area contributed by atoms with Gasteiger partial charge in [-0.05, 0) is 37.3 Å². The van der Waals surface area contributed by atoms with Crippen LogP contribution >= 0.6 is 0 Å². The summed E-state index contributed by atoms with van der Waals surface area (Å²) in [6.07, 6.45) is 2.23. The minimum atomic E-state index is -0.529. The molecule has 1 unspecified atom stereocenters. The van der Waals surface area contributed by atoms with Crippen molar-refractivity contribution in [3.63, 3.8) is 0 Å². The summed E-state index contributed by atoms with van der Waals surface area (Å²) >= 11 is 0. The Hall–Kier alpha value is -3.24. The summed E-state index contributed by atoms with van der Waals surface area (Å²) in [5, 5.41) is 25.0. The number of anilines is 2. The molecule has 1 atom stereocenters. The highest BCUT2D eigenvalue weighted by atomic mass is 16.3. The molecule has 1 saturated heterocycles. The molecule has 2 aromatic heterocycles. The number of rotatable bonds is 7. The number of aromatic amines is 1. The molecule has 0 bridgehead atoms. The molecule has 0 aliphatic carbocycles. The zero-order valence-electron chi connectivity index (χ0n) is 20.4. The number of aromatic nitrogens is 4. The largest absolute Gasteiger partial charge is 0.390 e. The predicted octanol–water partition coefficient (Wildman–Crippen LogP) is 1.92. The summed E-state index contributed by atoms with van der Waals surface area (Å²) in [5.41, 5.74) is 4.20. The highest BCUT2D eigenvalue weighted by molar-refractivity contribution is 5.93. The third-order valence-corrected chi connectivity index (χ3v) is 6.99. The van der Waals surface area contributed by atoms with Gasteiger partial charge in [0, 0.05) is 52.2 Å². The molecule has 1 fully saturated rings. The third kappa shape index (κ3) is 5.38. The second kappa shape index (κ2) is 10.2. The first-order valence-corrected chi connectivity index (χ1v) is 12.4. The van der Waals surface area contributed by atoms with Crippen molar-refractivity contribution in [2.75, 3.05) is 43.4 Å². The van der Waals surface area contributed by atoms with Crippen molar-refractivity contribution in [3.8, 4) is 0 Å². The number of likely N-dealkylation sites (tertiary alicyclic amines) is 1. The summed E-state index contributed by atoms with van der Waals surface area (Å²) in [7, 11) is 0. The Morgan fingerprint density at radius 1 is 1.17 bits per heavy atom. The van der Waals surface area contributed by atoms with Crippen LogP contribution in [0, 0.1) is 6.92 Å². The maximum Gasteiger partial charge on any atom is 0.219 e. The second-order valence-corrected chi connectivity index (χ2v) is 9.63. The number of hydrogen-bond donors (Lipinski definition) is 4. The van der Waals surface area contributed by atoms with Gasteiger partial charge >= 0.3 is 0 Å². The number of aryl methyl sites for hydroxylation is 1. The number of H-pyrrole nitrogens is 1. The first kappa shape index (κ1) is 23.5. The number of hydrogen-bond acceptors (Lipinski definition) is 8. The lowest BCUT2D eigenvalue weighted by Gasteiger charge is -2.32. The van der Waals surface area contributed by atoms with Crippen LogP contribution in [0.1, 0.15) is 36.7 Å². The summed E-state index contributed by atoms with van der Waals surface area (Å²) < 4.78 is 0. The second-order valence-electron chi connectivity index (χ2n) is 9.63. The van der Waals surface area contributed by atoms with Gasteiger partial charge in [0.15, 0.2) is 11.6 Å². The first-order valence-electron chi connectivity index (χ1n) is 12.4. The Morgan fingerprint density at radius 2 is 1.94 bits per heavy atom. The number of piperidine rings is 1. The average Bonchev–Trinajstić information content (AvgIpc) is 3.26. The fourth-order valence-electron chi connectivity index (χ4n) is 5.06. The van der Waals surface area contributed by atoms with Gasteiger partial charge in [-0.1, -0.05) is 24.3 Å². The van der Waals surface area contributed by atoms with Gasteiger partial charge in [-0.2, -0.15) is 5.10 Å². The smallest absolute Gasteiger partial charge is 0.219 e. The van der Waals surface area contributed by atoms with Gasteiger partial charge in [0.05, 0.1) is 6.10 Å². The molecule has 4 heterocycles. The minimum Gasteiger partial charge on any atom is -0.390 e. The molecule has 5 rings (SSSR count). The van der Waals surface area contributed by atoms with E-state index in [1.165, 1.54) is 11.1 Å². The lowest BCUT2D eigenvalue weighted by atomic mass is 10.00. The molecule has 2 aliphatic rings. The topological polar surface area (TPSA) is 122 Å². The number of β-amino-alcohol motifs (C(OH)–C–C–N with tert-alkyl or cyclic N) is 1. The van der Waals surface area contributed by atoms with Gasteiger partial charge in [-0.3, -0.25) is 14.8 Å². The lowest BCUT2D eigenvalue weighted by molar-refractivity contribution is -0.129. The molecule has 35 heavy (non-hydrogen) atoms. The quantitative estimate of drug-likeness (QED) is 0.406. The lowest BCUT2D eigenvalue weighted by Crippen LogP contribution is -2.41. The minimum absolute atomic E-state index is 0.125. The van der Waals surface area contributed by atoms with Gasteiger partial charge in [0.2, 0.25) is 5.91 Å². The van der Waals surface area contributed by atoms with Crippen LogP contribution in [0.15, 0.2) is 24.3 Å². The summed E-state index contributed by atoms with van der Waals surface area (Å²) in [5.74, 6) is 2.11. The van der Waals surface area contributed by atoms with Gasteiger partial charge in [-0.15, -0.1) is 0 Å². The summed E-state index contributed by atoms with van der Waals surface area (Å²) in [4.78, 5) is 25.0. The first-order chi connectivity index (χ1) is 17.0. The van der Waals surface area contributed by atoms with E-state index in [2.05, 4.69) is 60.0 Å². The fourth-order valence-corrected chi connectivity index (χ4v) is 5.06. The van der Waals surface area contributed by atoms with E-state index >= 15 is 0 Å². The van der Waals surface area contributed by atoms with Gasteiger partial charge < -0.3 is 20.6 Å². The standard InChI is InChI=1S/C25H34N8O2/c1-16-27-22-23(25(28-16)29-20-8-11-33(12-9-20)17(2)34)30-31-24(22)26-13-21(35)15-32-10-7-18-5-3-4-6-19(18)14-32/h3-6,20-21,35H,7-15H2,1-2H3,(H2,26,30,31)(H,27,28,29). The Kier molecular flexibility index (Phi) is 6.83. The van der Waals surface area contributed by atoms with E-state index in [-0.39, 0.29) is 11.9 Å². The van der Waals surface area contributed by atoms with Crippen molar-refractivity contribution >= 4 is 28.6 Å². The molecule has 10 heteroatoms. The SMILES string of the molecule is CC(=O)N1CCC(Nc2nc(C)nc3c(NCC(O)CN4CCc5ccccc5C4)n[nH]c23)CC1. The van der Waals surface area contributed by atoms with Crippen molar-refractivity contribution < 1.29 is 9.90 Å². The van der Waals surface area contributed by atoms with Crippen LogP contribution in [0.2, 0.25) is 0 Å². The number of carbonyl (C=O) groups is 1. The predicted molar refractivity (Wildman–Crippen MR) is 135 cm³/mol. The number of nitrogens with zero attached hydrogens (tertiary/aromatic N) is 5. The number of aliphatic hydroxyl groups excluding tert-OH is 1. The summed E-state index contributed by atoms with van der Waals surface area (Å²) in [6.45, 7) is 7.77. The van der Waals surface area contributed by atoms with Crippen LogP contribution < -0.4 is 10.6 Å².